The third-order valence-electron chi connectivity index (χ3n) is 2.66. The molecule has 1 amide bonds. The Labute approximate surface area is 116 Å². The summed E-state index contributed by atoms with van der Waals surface area (Å²) in [6.45, 7) is 0. The van der Waals surface area contributed by atoms with Gasteiger partial charge >= 0.3 is 0 Å². The van der Waals surface area contributed by atoms with E-state index >= 15 is 0 Å². The van der Waals surface area contributed by atoms with Gasteiger partial charge in [0.05, 0.1) is 10.5 Å². The van der Waals surface area contributed by atoms with Crippen LogP contribution in [0.4, 0.5) is 10.1 Å². The Morgan fingerprint density at radius 1 is 1.05 bits per heavy atom. The summed E-state index contributed by atoms with van der Waals surface area (Å²) in [5.41, 5.74) is 0.324. The molecule has 0 atom stereocenters. The molecule has 0 fully saturated rings. The molecule has 0 aliphatic carbocycles. The molecule has 2 rings (SSSR count). The van der Waals surface area contributed by atoms with Crippen molar-refractivity contribution in [3.05, 3.63) is 59.9 Å². The van der Waals surface area contributed by atoms with Crippen molar-refractivity contribution >= 4 is 21.4 Å². The number of halogens is 1. The van der Waals surface area contributed by atoms with Crippen LogP contribution in [-0.2, 0) is 9.84 Å². The van der Waals surface area contributed by atoms with Crippen molar-refractivity contribution < 1.29 is 17.6 Å². The van der Waals surface area contributed by atoms with Gasteiger partial charge in [-0.1, -0.05) is 12.1 Å². The predicted molar refractivity (Wildman–Crippen MR) is 73.9 cm³/mol. The number of carbonyl (C=O) groups excluding carboxylic acids is 1. The highest BCUT2D eigenvalue weighted by Gasteiger charge is 2.11. The smallest absolute Gasteiger partial charge is 0.258 e. The maximum absolute atomic E-state index is 13.4. The van der Waals surface area contributed by atoms with Crippen LogP contribution in [0.5, 0.6) is 0 Å². The minimum atomic E-state index is -3.28. The molecule has 104 valence electrons. The number of amides is 1. The molecule has 6 heteroatoms. The van der Waals surface area contributed by atoms with Crippen molar-refractivity contribution in [3.8, 4) is 0 Å². The topological polar surface area (TPSA) is 63.2 Å². The van der Waals surface area contributed by atoms with Gasteiger partial charge in [0.2, 0.25) is 0 Å². The van der Waals surface area contributed by atoms with Gasteiger partial charge in [0, 0.05) is 11.9 Å². The molecule has 0 aliphatic heterocycles. The zero-order valence-corrected chi connectivity index (χ0v) is 11.4. The molecule has 0 radical (unpaired) electrons. The maximum Gasteiger partial charge on any atom is 0.258 e. The lowest BCUT2D eigenvalue weighted by Crippen LogP contribution is -2.13. The quantitative estimate of drug-likeness (QED) is 0.945. The van der Waals surface area contributed by atoms with Crippen molar-refractivity contribution in [2.45, 2.75) is 4.90 Å². The highest BCUT2D eigenvalue weighted by molar-refractivity contribution is 7.90. The number of anilines is 1. The van der Waals surface area contributed by atoms with Crippen LogP contribution in [0.1, 0.15) is 10.4 Å². The van der Waals surface area contributed by atoms with Crippen LogP contribution >= 0.6 is 0 Å². The van der Waals surface area contributed by atoms with Crippen LogP contribution in [0.15, 0.2) is 53.4 Å². The molecular formula is C14H12FNO3S. The average Bonchev–Trinajstić information content (AvgIpc) is 2.38. The van der Waals surface area contributed by atoms with E-state index in [1.54, 1.807) is 6.07 Å². The van der Waals surface area contributed by atoms with Gasteiger partial charge in [-0.05, 0) is 36.4 Å². The molecule has 20 heavy (non-hydrogen) atoms. The van der Waals surface area contributed by atoms with Crippen LogP contribution in [-0.4, -0.2) is 20.6 Å². The van der Waals surface area contributed by atoms with E-state index in [2.05, 4.69) is 5.32 Å². The third-order valence-corrected chi connectivity index (χ3v) is 3.79. The van der Waals surface area contributed by atoms with E-state index < -0.39 is 21.6 Å². The van der Waals surface area contributed by atoms with E-state index in [1.165, 1.54) is 42.5 Å². The van der Waals surface area contributed by atoms with Gasteiger partial charge in [0.1, 0.15) is 5.82 Å². The summed E-state index contributed by atoms with van der Waals surface area (Å²) in [5, 5.41) is 2.50. The van der Waals surface area contributed by atoms with E-state index in [-0.39, 0.29) is 10.5 Å². The van der Waals surface area contributed by atoms with E-state index in [0.29, 0.717) is 5.69 Å². The monoisotopic (exact) mass is 293 g/mol. The second-order valence-corrected chi connectivity index (χ2v) is 6.25. The number of carbonyl (C=O) groups is 1. The first-order valence-electron chi connectivity index (χ1n) is 5.74. The van der Waals surface area contributed by atoms with E-state index in [1.807, 2.05) is 0 Å². The number of hydrogen-bond donors (Lipinski definition) is 1. The molecule has 0 saturated carbocycles. The summed E-state index contributed by atoms with van der Waals surface area (Å²) in [7, 11) is -3.28. The second-order valence-electron chi connectivity index (χ2n) is 4.23. The van der Waals surface area contributed by atoms with Gasteiger partial charge in [-0.2, -0.15) is 0 Å². The van der Waals surface area contributed by atoms with Gasteiger partial charge in [0.25, 0.3) is 5.91 Å². The van der Waals surface area contributed by atoms with E-state index in [0.717, 1.165) is 6.26 Å². The van der Waals surface area contributed by atoms with Gasteiger partial charge < -0.3 is 5.32 Å². The summed E-state index contributed by atoms with van der Waals surface area (Å²) in [4.78, 5) is 12.0. The minimum Gasteiger partial charge on any atom is -0.322 e. The van der Waals surface area contributed by atoms with Crippen LogP contribution < -0.4 is 5.32 Å². The van der Waals surface area contributed by atoms with E-state index in [4.69, 9.17) is 0 Å². The van der Waals surface area contributed by atoms with E-state index in [9.17, 15) is 17.6 Å². The predicted octanol–water partition coefficient (Wildman–Crippen LogP) is 2.48. The summed E-state index contributed by atoms with van der Waals surface area (Å²) >= 11 is 0. The molecule has 0 saturated heterocycles. The normalized spacial score (nSPS) is 11.1. The molecule has 0 aliphatic rings. The first kappa shape index (κ1) is 14.2. The first-order valence-corrected chi connectivity index (χ1v) is 7.63. The van der Waals surface area contributed by atoms with Crippen LogP contribution in [0.3, 0.4) is 0 Å². The maximum atomic E-state index is 13.4. The Kier molecular flexibility index (Phi) is 3.85. The van der Waals surface area contributed by atoms with Crippen molar-refractivity contribution in [3.63, 3.8) is 0 Å². The number of benzene rings is 2. The Bertz CT molecular complexity index is 739. The van der Waals surface area contributed by atoms with Gasteiger partial charge in [0.15, 0.2) is 9.84 Å². The van der Waals surface area contributed by atoms with Crippen molar-refractivity contribution in [2.75, 3.05) is 11.6 Å². The lowest BCUT2D eigenvalue weighted by atomic mass is 10.2. The number of sulfone groups is 1. The zero-order chi connectivity index (χ0) is 14.8. The van der Waals surface area contributed by atoms with Crippen molar-refractivity contribution in [2.24, 2.45) is 0 Å². The summed E-state index contributed by atoms with van der Waals surface area (Å²) in [6, 6.07) is 11.3. The molecule has 1 N–H and O–H groups in total. The summed E-state index contributed by atoms with van der Waals surface area (Å²) in [6.07, 6.45) is 1.10. The molecular weight excluding hydrogens is 281 g/mol. The average molecular weight is 293 g/mol. The first-order chi connectivity index (χ1) is 9.38. The minimum absolute atomic E-state index is 0.0697. The van der Waals surface area contributed by atoms with Crippen LogP contribution in [0.25, 0.3) is 0 Å². The molecule has 0 spiro atoms. The van der Waals surface area contributed by atoms with Crippen molar-refractivity contribution in [1.29, 1.82) is 0 Å². The standard InChI is InChI=1S/C14H12FNO3S/c1-20(18,19)11-8-6-10(7-9-11)16-14(17)12-4-2-3-5-13(12)15/h2-9H,1H3,(H,16,17). The Balaban J connectivity index is 2.19. The lowest BCUT2D eigenvalue weighted by molar-refractivity contribution is 0.102. The third kappa shape index (κ3) is 3.21. The van der Waals surface area contributed by atoms with Gasteiger partial charge in [-0.25, -0.2) is 12.8 Å². The fraction of sp³-hybridized carbons (Fsp3) is 0.0714. The molecule has 2 aromatic rings. The molecule has 0 bridgehead atoms. The number of hydrogen-bond acceptors (Lipinski definition) is 3. The zero-order valence-electron chi connectivity index (χ0n) is 10.6. The second kappa shape index (κ2) is 5.42. The highest BCUT2D eigenvalue weighted by atomic mass is 32.2. The molecule has 0 unspecified atom stereocenters. The number of rotatable bonds is 3. The summed E-state index contributed by atoms with van der Waals surface area (Å²) in [5.74, 6) is -1.20. The van der Waals surface area contributed by atoms with Crippen LogP contribution in [0.2, 0.25) is 0 Å². The number of nitrogens with one attached hydrogen (secondary N) is 1. The van der Waals surface area contributed by atoms with Gasteiger partial charge in [-0.3, -0.25) is 4.79 Å². The highest BCUT2D eigenvalue weighted by Crippen LogP contribution is 2.15. The van der Waals surface area contributed by atoms with Crippen LogP contribution in [0, 0.1) is 5.82 Å². The molecule has 2 aromatic carbocycles. The lowest BCUT2D eigenvalue weighted by Gasteiger charge is -2.06. The fourth-order valence-corrected chi connectivity index (χ4v) is 2.26. The Morgan fingerprint density at radius 2 is 1.65 bits per heavy atom. The molecule has 0 heterocycles. The fourth-order valence-electron chi connectivity index (χ4n) is 1.63. The largest absolute Gasteiger partial charge is 0.322 e. The summed E-state index contributed by atoms with van der Waals surface area (Å²) < 4.78 is 36.0. The Hall–Kier alpha value is -2.21. The van der Waals surface area contributed by atoms with Crippen molar-refractivity contribution in [1.82, 2.24) is 0 Å². The van der Waals surface area contributed by atoms with Gasteiger partial charge in [-0.15, -0.1) is 0 Å². The molecule has 4 nitrogen and oxygen atoms in total. The Morgan fingerprint density at radius 3 is 2.20 bits per heavy atom. The SMILES string of the molecule is CS(=O)(=O)c1ccc(NC(=O)c2ccccc2F)cc1. The molecule has 0 aromatic heterocycles.